The maximum Gasteiger partial charge on any atom is 0.416 e. The summed E-state index contributed by atoms with van der Waals surface area (Å²) < 4.78 is 38.1. The van der Waals surface area contributed by atoms with Crippen LogP contribution in [0.5, 0.6) is 0 Å². The molecule has 7 heteroatoms. The van der Waals surface area contributed by atoms with Gasteiger partial charge in [0, 0.05) is 6.42 Å². The number of aliphatic carboxylic acids is 1. The van der Waals surface area contributed by atoms with Crippen LogP contribution in [0.25, 0.3) is 0 Å². The molecule has 1 rings (SSSR count). The third-order valence-corrected chi connectivity index (χ3v) is 3.52. The Kier molecular flexibility index (Phi) is 6.18. The first kappa shape index (κ1) is 19.0. The quantitative estimate of drug-likeness (QED) is 0.839. The van der Waals surface area contributed by atoms with E-state index in [1.165, 1.54) is 12.1 Å². The minimum atomic E-state index is -4.44. The number of carboxylic acid groups (broad SMARTS) is 1. The highest BCUT2D eigenvalue weighted by molar-refractivity contribution is 5.84. The van der Waals surface area contributed by atoms with Gasteiger partial charge >= 0.3 is 12.1 Å². The predicted molar refractivity (Wildman–Crippen MR) is 78.9 cm³/mol. The van der Waals surface area contributed by atoms with Crippen LogP contribution in [-0.4, -0.2) is 23.0 Å². The van der Waals surface area contributed by atoms with Gasteiger partial charge in [0.1, 0.15) is 6.04 Å². The molecule has 4 nitrogen and oxygen atoms in total. The summed E-state index contributed by atoms with van der Waals surface area (Å²) in [6.45, 7) is 4.95. The minimum absolute atomic E-state index is 0.0855. The van der Waals surface area contributed by atoms with Gasteiger partial charge in [-0.15, -0.1) is 0 Å². The number of benzene rings is 1. The molecule has 0 aliphatic rings. The van der Waals surface area contributed by atoms with Crippen LogP contribution in [0.2, 0.25) is 0 Å². The normalized spacial score (nSPS) is 14.4. The minimum Gasteiger partial charge on any atom is -0.480 e. The first-order valence-electron chi connectivity index (χ1n) is 7.21. The van der Waals surface area contributed by atoms with E-state index in [0.29, 0.717) is 5.56 Å². The average Bonchev–Trinajstić information content (AvgIpc) is 2.43. The van der Waals surface area contributed by atoms with Crippen molar-refractivity contribution >= 4 is 11.9 Å². The van der Waals surface area contributed by atoms with Crippen molar-refractivity contribution in [2.24, 2.45) is 5.92 Å². The van der Waals surface area contributed by atoms with Gasteiger partial charge in [-0.25, -0.2) is 4.79 Å². The fourth-order valence-corrected chi connectivity index (χ4v) is 2.16. The third-order valence-electron chi connectivity index (χ3n) is 3.52. The lowest BCUT2D eigenvalue weighted by Crippen LogP contribution is -2.44. The highest BCUT2D eigenvalue weighted by Crippen LogP contribution is 2.31. The molecule has 0 heterocycles. The number of amides is 1. The van der Waals surface area contributed by atoms with Gasteiger partial charge in [0.05, 0.1) is 5.56 Å². The molecule has 0 aliphatic heterocycles. The van der Waals surface area contributed by atoms with Crippen LogP contribution < -0.4 is 5.32 Å². The van der Waals surface area contributed by atoms with Crippen molar-refractivity contribution in [3.63, 3.8) is 0 Å². The molecule has 0 fully saturated rings. The number of alkyl halides is 3. The number of carboxylic acids is 1. The molecule has 0 bridgehead atoms. The number of halogens is 3. The van der Waals surface area contributed by atoms with Crippen molar-refractivity contribution in [3.8, 4) is 0 Å². The van der Waals surface area contributed by atoms with Crippen molar-refractivity contribution in [1.82, 2.24) is 5.32 Å². The summed E-state index contributed by atoms with van der Waals surface area (Å²) >= 11 is 0. The van der Waals surface area contributed by atoms with Gasteiger partial charge in [-0.3, -0.25) is 4.79 Å². The molecule has 1 aromatic rings. The summed E-state index contributed by atoms with van der Waals surface area (Å²) in [5, 5.41) is 11.4. The predicted octanol–water partition coefficient (Wildman–Crippen LogP) is 3.42. The maximum atomic E-state index is 12.7. The molecule has 0 aliphatic carbocycles. The van der Waals surface area contributed by atoms with E-state index in [1.54, 1.807) is 20.8 Å². The zero-order valence-corrected chi connectivity index (χ0v) is 13.1. The molecule has 1 aromatic carbocycles. The van der Waals surface area contributed by atoms with Gasteiger partial charge in [-0.1, -0.05) is 39.0 Å². The van der Waals surface area contributed by atoms with E-state index in [1.807, 2.05) is 0 Å². The van der Waals surface area contributed by atoms with Crippen LogP contribution in [0, 0.1) is 5.92 Å². The highest BCUT2D eigenvalue weighted by Gasteiger charge is 2.31. The third kappa shape index (κ3) is 5.58. The van der Waals surface area contributed by atoms with Crippen LogP contribution in [0.1, 0.15) is 44.2 Å². The molecule has 1 amide bonds. The lowest BCUT2D eigenvalue weighted by Gasteiger charge is -2.20. The first-order chi connectivity index (χ1) is 10.5. The van der Waals surface area contributed by atoms with Gasteiger partial charge in [0.2, 0.25) is 5.91 Å². The van der Waals surface area contributed by atoms with Crippen molar-refractivity contribution in [1.29, 1.82) is 0 Å². The Balaban J connectivity index is 2.78. The molecule has 128 valence electrons. The Morgan fingerprint density at radius 2 is 1.83 bits per heavy atom. The Hall–Kier alpha value is -2.05. The van der Waals surface area contributed by atoms with E-state index in [9.17, 15) is 22.8 Å². The number of carbonyl (C=O) groups is 2. The number of rotatable bonds is 6. The number of hydrogen-bond donors (Lipinski definition) is 2. The van der Waals surface area contributed by atoms with Crippen LogP contribution in [0.3, 0.4) is 0 Å². The SMILES string of the molecule is CC(CC(=O)N[C@H](C(=O)O)C(C)C)c1cccc(C(F)(F)F)c1. The lowest BCUT2D eigenvalue weighted by atomic mass is 9.95. The molecule has 0 saturated carbocycles. The summed E-state index contributed by atoms with van der Waals surface area (Å²) in [4.78, 5) is 23.0. The van der Waals surface area contributed by atoms with Crippen LogP contribution in [0.15, 0.2) is 24.3 Å². The number of nitrogens with one attached hydrogen (secondary N) is 1. The topological polar surface area (TPSA) is 66.4 Å². The van der Waals surface area contributed by atoms with Gasteiger partial charge in [-0.05, 0) is 23.5 Å². The van der Waals surface area contributed by atoms with Crippen molar-refractivity contribution in [2.75, 3.05) is 0 Å². The number of carbonyl (C=O) groups excluding carboxylic acids is 1. The maximum absolute atomic E-state index is 12.7. The zero-order chi connectivity index (χ0) is 17.8. The summed E-state index contributed by atoms with van der Waals surface area (Å²) in [5.74, 6) is -2.39. The summed E-state index contributed by atoms with van der Waals surface area (Å²) in [6.07, 6.45) is -4.53. The van der Waals surface area contributed by atoms with Gasteiger partial charge in [0.25, 0.3) is 0 Å². The molecule has 2 N–H and O–H groups in total. The summed E-state index contributed by atoms with van der Waals surface area (Å²) in [6, 6.07) is 3.77. The van der Waals surface area contributed by atoms with Crippen LogP contribution >= 0.6 is 0 Å². The molecule has 2 atom stereocenters. The standard InChI is InChI=1S/C16H20F3NO3/c1-9(2)14(15(22)23)20-13(21)7-10(3)11-5-4-6-12(8-11)16(17,18)19/h4-6,8-10,14H,7H2,1-3H3,(H,20,21)(H,22,23)/t10?,14-/m0/s1. The summed E-state index contributed by atoms with van der Waals surface area (Å²) in [5.41, 5.74) is -0.390. The second-order valence-electron chi connectivity index (χ2n) is 5.86. The van der Waals surface area contributed by atoms with Gasteiger partial charge < -0.3 is 10.4 Å². The van der Waals surface area contributed by atoms with E-state index >= 15 is 0 Å². The first-order valence-corrected chi connectivity index (χ1v) is 7.21. The Bertz CT molecular complexity index is 570. The lowest BCUT2D eigenvalue weighted by molar-refractivity contribution is -0.143. The summed E-state index contributed by atoms with van der Waals surface area (Å²) in [7, 11) is 0. The fraction of sp³-hybridized carbons (Fsp3) is 0.500. The molecule has 1 unspecified atom stereocenters. The van der Waals surface area contributed by atoms with Crippen molar-refractivity contribution in [3.05, 3.63) is 35.4 Å². The Morgan fingerprint density at radius 1 is 1.22 bits per heavy atom. The van der Waals surface area contributed by atoms with E-state index in [-0.39, 0.29) is 12.3 Å². The van der Waals surface area contributed by atoms with Gasteiger partial charge in [-0.2, -0.15) is 13.2 Å². The van der Waals surface area contributed by atoms with Crippen LogP contribution in [0.4, 0.5) is 13.2 Å². The van der Waals surface area contributed by atoms with Crippen molar-refractivity contribution < 1.29 is 27.9 Å². The highest BCUT2D eigenvalue weighted by atomic mass is 19.4. The smallest absolute Gasteiger partial charge is 0.416 e. The molecule has 0 radical (unpaired) electrons. The van der Waals surface area contributed by atoms with Crippen molar-refractivity contribution in [2.45, 2.75) is 45.3 Å². The molecular weight excluding hydrogens is 311 g/mol. The number of hydrogen-bond acceptors (Lipinski definition) is 2. The molecular formula is C16H20F3NO3. The second kappa shape index (κ2) is 7.48. The fourth-order valence-electron chi connectivity index (χ4n) is 2.16. The second-order valence-corrected chi connectivity index (χ2v) is 5.86. The molecule has 23 heavy (non-hydrogen) atoms. The van der Waals surface area contributed by atoms with E-state index in [2.05, 4.69) is 5.32 Å². The largest absolute Gasteiger partial charge is 0.480 e. The zero-order valence-electron chi connectivity index (χ0n) is 13.1. The monoisotopic (exact) mass is 331 g/mol. The molecule has 0 aromatic heterocycles. The van der Waals surface area contributed by atoms with Crippen LogP contribution in [-0.2, 0) is 15.8 Å². The van der Waals surface area contributed by atoms with E-state index < -0.39 is 35.6 Å². The van der Waals surface area contributed by atoms with E-state index in [4.69, 9.17) is 5.11 Å². The average molecular weight is 331 g/mol. The molecule has 0 spiro atoms. The van der Waals surface area contributed by atoms with E-state index in [0.717, 1.165) is 12.1 Å². The molecule has 0 saturated heterocycles. The van der Waals surface area contributed by atoms with Gasteiger partial charge in [0.15, 0.2) is 0 Å². The Labute approximate surface area is 132 Å². The Morgan fingerprint density at radius 3 is 2.30 bits per heavy atom.